The highest BCUT2D eigenvalue weighted by molar-refractivity contribution is 6.25. The normalized spacial score (nSPS) is 30.7. The summed E-state index contributed by atoms with van der Waals surface area (Å²) in [6.07, 6.45) is 4.23. The van der Waals surface area contributed by atoms with Crippen molar-refractivity contribution in [3.05, 3.63) is 11.6 Å². The van der Waals surface area contributed by atoms with Gasteiger partial charge in [-0.05, 0) is 25.3 Å². The van der Waals surface area contributed by atoms with Crippen LogP contribution >= 0.6 is 23.2 Å². The molecule has 1 nitrogen and oxygen atoms in total. The Morgan fingerprint density at radius 1 is 1.45 bits per heavy atom. The summed E-state index contributed by atoms with van der Waals surface area (Å²) in [6, 6.07) is 0. The van der Waals surface area contributed by atoms with Gasteiger partial charge in [-0.3, -0.25) is 0 Å². The van der Waals surface area contributed by atoms with Crippen LogP contribution in [-0.2, 0) is 0 Å². The minimum Gasteiger partial charge on any atom is -0.313 e. The van der Waals surface area contributed by atoms with E-state index in [1.807, 2.05) is 6.08 Å². The number of hydrogen-bond acceptors (Lipinski definition) is 1. The quantitative estimate of drug-likeness (QED) is 0.535. The third-order valence-corrected chi connectivity index (χ3v) is 2.50. The summed E-state index contributed by atoms with van der Waals surface area (Å²) in [5.41, 5.74) is 1.54. The van der Waals surface area contributed by atoms with Gasteiger partial charge in [-0.15, -0.1) is 11.6 Å². The van der Waals surface area contributed by atoms with E-state index in [2.05, 4.69) is 5.32 Å². The van der Waals surface area contributed by atoms with Gasteiger partial charge >= 0.3 is 0 Å². The van der Waals surface area contributed by atoms with E-state index in [0.29, 0.717) is 5.38 Å². The average molecular weight is 194 g/mol. The van der Waals surface area contributed by atoms with Crippen LogP contribution in [0.4, 0.5) is 0 Å². The molecule has 1 aliphatic carbocycles. The molecule has 1 aliphatic rings. The summed E-state index contributed by atoms with van der Waals surface area (Å²) in [4.78, 5) is 0. The standard InChI is InChI=1S/C8H13Cl2N/c9-2-1-3-11-6-7-4-8(10)5-7/h1-2,7-8,11H,3-6H2/b2-1+. The molecule has 1 saturated carbocycles. The van der Waals surface area contributed by atoms with Gasteiger partial charge in [0, 0.05) is 17.5 Å². The van der Waals surface area contributed by atoms with Crippen LogP contribution in [0.15, 0.2) is 11.6 Å². The Balaban J connectivity index is 1.88. The number of hydrogen-bond donors (Lipinski definition) is 1. The minimum atomic E-state index is 0.436. The van der Waals surface area contributed by atoms with Crippen LogP contribution in [0.25, 0.3) is 0 Å². The van der Waals surface area contributed by atoms with Crippen molar-refractivity contribution in [1.29, 1.82) is 0 Å². The maximum absolute atomic E-state index is 5.82. The SMILES string of the molecule is Cl/C=C/CNCC1CC(Cl)C1. The molecule has 1 fully saturated rings. The van der Waals surface area contributed by atoms with E-state index in [0.717, 1.165) is 19.0 Å². The maximum Gasteiger partial charge on any atom is 0.0342 e. The summed E-state index contributed by atoms with van der Waals surface area (Å²) in [7, 11) is 0. The summed E-state index contributed by atoms with van der Waals surface area (Å²) in [5, 5.41) is 3.71. The van der Waals surface area contributed by atoms with Gasteiger partial charge in [0.2, 0.25) is 0 Å². The Morgan fingerprint density at radius 3 is 2.73 bits per heavy atom. The molecule has 3 heteroatoms. The Bertz CT molecular complexity index is 130. The van der Waals surface area contributed by atoms with Crippen molar-refractivity contribution in [2.45, 2.75) is 18.2 Å². The third kappa shape index (κ3) is 3.46. The average Bonchev–Trinajstić information content (AvgIpc) is 1.94. The molecule has 0 aromatic carbocycles. The predicted octanol–water partition coefficient (Wildman–Crippen LogP) is 2.35. The van der Waals surface area contributed by atoms with Crippen molar-refractivity contribution < 1.29 is 0 Å². The Morgan fingerprint density at radius 2 is 2.18 bits per heavy atom. The van der Waals surface area contributed by atoms with Crippen molar-refractivity contribution in [2.24, 2.45) is 5.92 Å². The molecule has 0 atom stereocenters. The lowest BCUT2D eigenvalue weighted by Crippen LogP contribution is -2.33. The van der Waals surface area contributed by atoms with Gasteiger partial charge in [-0.2, -0.15) is 0 Å². The first-order valence-corrected chi connectivity index (χ1v) is 4.80. The molecular formula is C8H13Cl2N. The number of rotatable bonds is 4. The van der Waals surface area contributed by atoms with Crippen molar-refractivity contribution in [3.8, 4) is 0 Å². The van der Waals surface area contributed by atoms with Crippen LogP contribution in [0.2, 0.25) is 0 Å². The van der Waals surface area contributed by atoms with Crippen LogP contribution < -0.4 is 5.32 Å². The minimum absolute atomic E-state index is 0.436. The van der Waals surface area contributed by atoms with Gasteiger partial charge in [0.05, 0.1) is 0 Å². The smallest absolute Gasteiger partial charge is 0.0342 e. The summed E-state index contributed by atoms with van der Waals surface area (Å²) in [6.45, 7) is 1.94. The molecule has 0 aromatic heterocycles. The van der Waals surface area contributed by atoms with Crippen LogP contribution in [0.1, 0.15) is 12.8 Å². The van der Waals surface area contributed by atoms with Crippen molar-refractivity contribution in [2.75, 3.05) is 13.1 Å². The Kier molecular flexibility index (Phi) is 4.28. The maximum atomic E-state index is 5.82. The van der Waals surface area contributed by atoms with Gasteiger partial charge in [-0.1, -0.05) is 17.7 Å². The van der Waals surface area contributed by atoms with Gasteiger partial charge in [-0.25, -0.2) is 0 Å². The van der Waals surface area contributed by atoms with Crippen LogP contribution in [0.5, 0.6) is 0 Å². The van der Waals surface area contributed by atoms with E-state index in [1.165, 1.54) is 18.4 Å². The first-order chi connectivity index (χ1) is 5.33. The second-order valence-electron chi connectivity index (χ2n) is 2.95. The van der Waals surface area contributed by atoms with Gasteiger partial charge in [0.1, 0.15) is 0 Å². The highest BCUT2D eigenvalue weighted by Gasteiger charge is 2.26. The molecule has 0 heterocycles. The van der Waals surface area contributed by atoms with E-state index >= 15 is 0 Å². The first kappa shape index (κ1) is 9.37. The van der Waals surface area contributed by atoms with Gasteiger partial charge in [0.15, 0.2) is 0 Å². The van der Waals surface area contributed by atoms with Gasteiger partial charge < -0.3 is 5.32 Å². The van der Waals surface area contributed by atoms with E-state index < -0.39 is 0 Å². The van der Waals surface area contributed by atoms with E-state index in [-0.39, 0.29) is 0 Å². The lowest BCUT2D eigenvalue weighted by atomic mass is 9.85. The van der Waals surface area contributed by atoms with Gasteiger partial charge in [0.25, 0.3) is 0 Å². The molecular weight excluding hydrogens is 181 g/mol. The molecule has 64 valence electrons. The summed E-state index contributed by atoms with van der Waals surface area (Å²) >= 11 is 11.2. The first-order valence-electron chi connectivity index (χ1n) is 3.93. The summed E-state index contributed by atoms with van der Waals surface area (Å²) < 4.78 is 0. The van der Waals surface area contributed by atoms with Crippen LogP contribution in [-0.4, -0.2) is 18.5 Å². The van der Waals surface area contributed by atoms with Crippen molar-refractivity contribution >= 4 is 23.2 Å². The second kappa shape index (κ2) is 5.02. The van der Waals surface area contributed by atoms with Crippen molar-refractivity contribution in [3.63, 3.8) is 0 Å². The molecule has 11 heavy (non-hydrogen) atoms. The highest BCUT2D eigenvalue weighted by Crippen LogP contribution is 2.30. The fraction of sp³-hybridized carbons (Fsp3) is 0.750. The Hall–Kier alpha value is 0.280. The number of halogens is 2. The second-order valence-corrected chi connectivity index (χ2v) is 3.82. The molecule has 0 amide bonds. The molecule has 0 aliphatic heterocycles. The third-order valence-electron chi connectivity index (χ3n) is 1.96. The molecule has 0 radical (unpaired) electrons. The summed E-state index contributed by atoms with van der Waals surface area (Å²) in [5.74, 6) is 0.793. The fourth-order valence-electron chi connectivity index (χ4n) is 1.24. The molecule has 0 saturated heterocycles. The number of nitrogens with one attached hydrogen (secondary N) is 1. The van der Waals surface area contributed by atoms with E-state index in [9.17, 15) is 0 Å². The largest absolute Gasteiger partial charge is 0.313 e. The predicted molar refractivity (Wildman–Crippen MR) is 50.2 cm³/mol. The lowest BCUT2D eigenvalue weighted by Gasteiger charge is -2.30. The van der Waals surface area contributed by atoms with Crippen LogP contribution in [0, 0.1) is 5.92 Å². The van der Waals surface area contributed by atoms with E-state index in [1.54, 1.807) is 0 Å². The highest BCUT2D eigenvalue weighted by atomic mass is 35.5. The molecule has 0 aromatic rings. The number of alkyl halides is 1. The lowest BCUT2D eigenvalue weighted by molar-refractivity contribution is 0.313. The molecule has 1 N–H and O–H groups in total. The molecule has 0 spiro atoms. The Labute approximate surface area is 77.8 Å². The molecule has 0 unspecified atom stereocenters. The zero-order chi connectivity index (χ0) is 8.10. The van der Waals surface area contributed by atoms with Crippen molar-refractivity contribution in [1.82, 2.24) is 5.32 Å². The fourth-order valence-corrected chi connectivity index (χ4v) is 1.83. The zero-order valence-electron chi connectivity index (χ0n) is 6.39. The van der Waals surface area contributed by atoms with E-state index in [4.69, 9.17) is 23.2 Å². The molecule has 0 bridgehead atoms. The zero-order valence-corrected chi connectivity index (χ0v) is 7.91. The topological polar surface area (TPSA) is 12.0 Å². The molecule has 1 rings (SSSR count). The van der Waals surface area contributed by atoms with Crippen LogP contribution in [0.3, 0.4) is 0 Å². The monoisotopic (exact) mass is 193 g/mol.